The molecule has 0 radical (unpaired) electrons. The van der Waals surface area contributed by atoms with Gasteiger partial charge in [0.1, 0.15) is 5.60 Å². The third-order valence-electron chi connectivity index (χ3n) is 5.41. The zero-order valence-electron chi connectivity index (χ0n) is 16.6. The van der Waals surface area contributed by atoms with Gasteiger partial charge in [-0.3, -0.25) is 4.79 Å². The number of aliphatic hydroxyl groups is 1. The van der Waals surface area contributed by atoms with Gasteiger partial charge in [0.15, 0.2) is 5.78 Å². The first-order chi connectivity index (χ1) is 13.3. The van der Waals surface area contributed by atoms with Gasteiger partial charge in [-0.15, -0.1) is 11.3 Å². The van der Waals surface area contributed by atoms with Gasteiger partial charge in [-0.1, -0.05) is 24.3 Å². The quantitative estimate of drug-likeness (QED) is 0.659. The molecule has 1 saturated heterocycles. The molecule has 2 aromatic rings. The maximum Gasteiger partial charge on any atom is 0.410 e. The molecule has 2 atom stereocenters. The van der Waals surface area contributed by atoms with Crippen molar-refractivity contribution >= 4 is 23.2 Å². The zero-order valence-corrected chi connectivity index (χ0v) is 17.4. The number of nitrogens with zero attached hydrogens (tertiary/aromatic N) is 1. The average Bonchev–Trinajstić information content (AvgIpc) is 3.17. The van der Waals surface area contributed by atoms with E-state index in [2.05, 4.69) is 0 Å². The van der Waals surface area contributed by atoms with E-state index in [1.807, 2.05) is 50.2 Å². The van der Waals surface area contributed by atoms with Gasteiger partial charge < -0.3 is 14.7 Å². The van der Waals surface area contributed by atoms with Crippen LogP contribution in [0.2, 0.25) is 0 Å². The maximum absolute atomic E-state index is 12.6. The zero-order chi connectivity index (χ0) is 20.3. The molecular formula is C22H27NO4S. The fourth-order valence-corrected chi connectivity index (χ4v) is 4.44. The van der Waals surface area contributed by atoms with Crippen LogP contribution in [-0.4, -0.2) is 40.6 Å². The summed E-state index contributed by atoms with van der Waals surface area (Å²) in [7, 11) is 0. The van der Waals surface area contributed by atoms with Gasteiger partial charge in [-0.25, -0.2) is 4.79 Å². The Morgan fingerprint density at radius 2 is 2.00 bits per heavy atom. The minimum atomic E-state index is -0.493. The van der Waals surface area contributed by atoms with Gasteiger partial charge in [0.05, 0.1) is 10.9 Å². The van der Waals surface area contributed by atoms with E-state index >= 15 is 0 Å². The van der Waals surface area contributed by atoms with Crippen LogP contribution in [0.15, 0.2) is 36.4 Å². The van der Waals surface area contributed by atoms with Crippen molar-refractivity contribution in [1.29, 1.82) is 0 Å². The van der Waals surface area contributed by atoms with E-state index < -0.39 is 5.60 Å². The first kappa shape index (κ1) is 20.6. The second-order valence-corrected chi connectivity index (χ2v) is 8.69. The number of ether oxygens (including phenoxy) is 1. The fraction of sp³-hybridized carbons (Fsp3) is 0.455. The van der Waals surface area contributed by atoms with Gasteiger partial charge in [-0.05, 0) is 56.9 Å². The number of hydrogen-bond acceptors (Lipinski definition) is 5. The third kappa shape index (κ3) is 4.45. The predicted molar refractivity (Wildman–Crippen MR) is 111 cm³/mol. The van der Waals surface area contributed by atoms with Crippen molar-refractivity contribution in [2.24, 2.45) is 0 Å². The molecule has 1 N–H and O–H groups in total. The lowest BCUT2D eigenvalue weighted by molar-refractivity contribution is -0.0521. The Balaban J connectivity index is 1.68. The van der Waals surface area contributed by atoms with Crippen molar-refractivity contribution in [3.05, 3.63) is 46.8 Å². The Hall–Kier alpha value is -2.18. The van der Waals surface area contributed by atoms with Gasteiger partial charge in [0.25, 0.3) is 0 Å². The molecule has 1 fully saturated rings. The number of cyclic esters (lactones) is 1. The molecule has 2 heterocycles. The van der Waals surface area contributed by atoms with E-state index in [1.54, 1.807) is 11.8 Å². The Labute approximate surface area is 169 Å². The highest BCUT2D eigenvalue weighted by molar-refractivity contribution is 7.17. The molecule has 1 aliphatic rings. The number of carbonyl (C=O) groups excluding carboxylic acids is 2. The van der Waals surface area contributed by atoms with Crippen LogP contribution in [-0.2, 0) is 4.74 Å². The van der Waals surface area contributed by atoms with Gasteiger partial charge in [0.2, 0.25) is 0 Å². The first-order valence-electron chi connectivity index (χ1n) is 9.64. The molecule has 1 aromatic carbocycles. The molecule has 0 bridgehead atoms. The SMILES string of the molecule is CC(=O)c1ccc(-c2ccc(C(C)N3CCC(C)(CCCO)OC3=O)cc2)s1. The second-order valence-electron chi connectivity index (χ2n) is 7.61. The summed E-state index contributed by atoms with van der Waals surface area (Å²) in [5.41, 5.74) is 1.61. The van der Waals surface area contributed by atoms with Crippen LogP contribution in [0.1, 0.15) is 61.3 Å². The number of Topliss-reactive ketones (excluding diaryl/α,β-unsaturated/α-hetero) is 1. The molecule has 1 aliphatic heterocycles. The number of hydrogen-bond donors (Lipinski definition) is 1. The summed E-state index contributed by atoms with van der Waals surface area (Å²) in [4.78, 5) is 27.6. The Bertz CT molecular complexity index is 844. The van der Waals surface area contributed by atoms with E-state index in [9.17, 15) is 9.59 Å². The minimum Gasteiger partial charge on any atom is -0.443 e. The largest absolute Gasteiger partial charge is 0.443 e. The van der Waals surface area contributed by atoms with Gasteiger partial charge in [-0.2, -0.15) is 0 Å². The summed E-state index contributed by atoms with van der Waals surface area (Å²) in [6, 6.07) is 11.9. The van der Waals surface area contributed by atoms with Crippen molar-refractivity contribution in [3.8, 4) is 10.4 Å². The van der Waals surface area contributed by atoms with Gasteiger partial charge >= 0.3 is 6.09 Å². The van der Waals surface area contributed by atoms with Crippen molar-refractivity contribution in [2.75, 3.05) is 13.2 Å². The molecular weight excluding hydrogens is 374 g/mol. The smallest absolute Gasteiger partial charge is 0.410 e. The first-order valence-corrected chi connectivity index (χ1v) is 10.5. The normalized spacial score (nSPS) is 20.7. The number of thiophene rings is 1. The Morgan fingerprint density at radius 3 is 2.57 bits per heavy atom. The average molecular weight is 402 g/mol. The van der Waals surface area contributed by atoms with E-state index in [0.717, 1.165) is 27.3 Å². The van der Waals surface area contributed by atoms with E-state index in [-0.39, 0.29) is 24.5 Å². The summed E-state index contributed by atoms with van der Waals surface area (Å²) in [6.45, 7) is 6.26. The van der Waals surface area contributed by atoms with Crippen LogP contribution in [0.4, 0.5) is 4.79 Å². The molecule has 5 nitrogen and oxygen atoms in total. The molecule has 150 valence electrons. The number of ketones is 1. The Kier molecular flexibility index (Phi) is 6.20. The summed E-state index contributed by atoms with van der Waals surface area (Å²) in [5, 5.41) is 9.03. The summed E-state index contributed by atoms with van der Waals surface area (Å²) in [5.74, 6) is 0.0797. The van der Waals surface area contributed by atoms with Crippen molar-refractivity contribution in [2.45, 2.75) is 51.7 Å². The topological polar surface area (TPSA) is 66.8 Å². The van der Waals surface area contributed by atoms with Crippen molar-refractivity contribution < 1.29 is 19.4 Å². The monoisotopic (exact) mass is 401 g/mol. The minimum absolute atomic E-state index is 0.0797. The molecule has 28 heavy (non-hydrogen) atoms. The predicted octanol–water partition coefficient (Wildman–Crippen LogP) is 5.05. The summed E-state index contributed by atoms with van der Waals surface area (Å²) < 4.78 is 5.69. The number of carbonyl (C=O) groups is 2. The molecule has 0 aliphatic carbocycles. The Morgan fingerprint density at radius 1 is 1.29 bits per heavy atom. The molecule has 0 saturated carbocycles. The van der Waals surface area contributed by atoms with Crippen LogP contribution in [0, 0.1) is 0 Å². The fourth-order valence-electron chi connectivity index (χ4n) is 3.54. The lowest BCUT2D eigenvalue weighted by atomic mass is 9.93. The second kappa shape index (κ2) is 8.45. The summed E-state index contributed by atoms with van der Waals surface area (Å²) >= 11 is 1.49. The van der Waals surface area contributed by atoms with Crippen LogP contribution in [0.25, 0.3) is 10.4 Å². The standard InChI is InChI=1S/C22H27NO4S/c1-15(23-13-12-22(3,11-4-14-24)27-21(23)26)17-5-7-18(8-6-17)20-10-9-19(28-20)16(2)25/h5-10,15,24H,4,11-14H2,1-3H3. The number of aliphatic hydroxyl groups excluding tert-OH is 1. The summed E-state index contributed by atoms with van der Waals surface area (Å²) in [6.07, 6.45) is 1.77. The van der Waals surface area contributed by atoms with E-state index in [0.29, 0.717) is 19.4 Å². The van der Waals surface area contributed by atoms with Crippen LogP contribution < -0.4 is 0 Å². The lowest BCUT2D eigenvalue weighted by Crippen LogP contribution is -2.48. The van der Waals surface area contributed by atoms with Crippen molar-refractivity contribution in [1.82, 2.24) is 4.90 Å². The highest BCUT2D eigenvalue weighted by atomic mass is 32.1. The van der Waals surface area contributed by atoms with Crippen LogP contribution in [0.5, 0.6) is 0 Å². The van der Waals surface area contributed by atoms with Crippen molar-refractivity contribution in [3.63, 3.8) is 0 Å². The molecule has 6 heteroatoms. The number of rotatable bonds is 7. The number of amides is 1. The van der Waals surface area contributed by atoms with Crippen LogP contribution >= 0.6 is 11.3 Å². The molecule has 1 aromatic heterocycles. The van der Waals surface area contributed by atoms with E-state index in [1.165, 1.54) is 11.3 Å². The van der Waals surface area contributed by atoms with Gasteiger partial charge in [0, 0.05) is 24.4 Å². The number of benzene rings is 1. The lowest BCUT2D eigenvalue weighted by Gasteiger charge is -2.41. The molecule has 2 unspecified atom stereocenters. The molecule has 1 amide bonds. The van der Waals surface area contributed by atoms with E-state index in [4.69, 9.17) is 9.84 Å². The van der Waals surface area contributed by atoms with Crippen LogP contribution in [0.3, 0.4) is 0 Å². The maximum atomic E-state index is 12.6. The highest BCUT2D eigenvalue weighted by Crippen LogP contribution is 2.34. The highest BCUT2D eigenvalue weighted by Gasteiger charge is 2.38. The molecule has 3 rings (SSSR count). The molecule has 0 spiro atoms. The third-order valence-corrected chi connectivity index (χ3v) is 6.65.